The maximum absolute atomic E-state index is 12.1. The van der Waals surface area contributed by atoms with Crippen LogP contribution in [0.3, 0.4) is 0 Å². The average Bonchev–Trinajstić information content (AvgIpc) is 2.96. The largest absolute Gasteiger partial charge is 0.493 e. The number of amides is 1. The number of benzene rings is 1. The van der Waals surface area contributed by atoms with Gasteiger partial charge < -0.3 is 14.8 Å². The van der Waals surface area contributed by atoms with Crippen molar-refractivity contribution in [1.82, 2.24) is 10.3 Å². The number of carbonyl (C=O) groups is 1. The first kappa shape index (κ1) is 14.8. The van der Waals surface area contributed by atoms with E-state index in [9.17, 15) is 4.79 Å². The van der Waals surface area contributed by atoms with Gasteiger partial charge in [0.1, 0.15) is 11.4 Å². The minimum absolute atomic E-state index is 0.263. The zero-order chi connectivity index (χ0) is 16.2. The molecule has 0 saturated heterocycles. The predicted molar refractivity (Wildman–Crippen MR) is 86.4 cm³/mol. The topological polar surface area (TPSA) is 72.8 Å². The van der Waals surface area contributed by atoms with E-state index in [0.717, 1.165) is 5.56 Å². The molecule has 0 unspecified atom stereocenters. The Morgan fingerprint density at radius 2 is 1.91 bits per heavy atom. The number of ether oxygens (including phenoxy) is 2. The van der Waals surface area contributed by atoms with E-state index < -0.39 is 0 Å². The highest BCUT2D eigenvalue weighted by atomic mass is 16.5. The normalized spacial score (nSPS) is 15.3. The van der Waals surface area contributed by atoms with Gasteiger partial charge in [0.2, 0.25) is 0 Å². The molecule has 1 aliphatic rings. The molecular formula is C17H15N3O3. The number of aliphatic imine (C=N–C) groups is 1. The average molecular weight is 309 g/mol. The molecule has 0 atom stereocenters. The second-order valence-corrected chi connectivity index (χ2v) is 4.77. The Hall–Kier alpha value is -3.15. The van der Waals surface area contributed by atoms with Gasteiger partial charge in [-0.05, 0) is 35.9 Å². The van der Waals surface area contributed by atoms with Crippen molar-refractivity contribution < 1.29 is 14.3 Å². The second-order valence-electron chi connectivity index (χ2n) is 4.77. The number of amidine groups is 1. The molecule has 6 nitrogen and oxygen atoms in total. The highest BCUT2D eigenvalue weighted by Crippen LogP contribution is 2.28. The fraction of sp³-hybridized carbons (Fsp3) is 0.118. The lowest BCUT2D eigenvalue weighted by atomic mass is 10.1. The van der Waals surface area contributed by atoms with Gasteiger partial charge in [-0.3, -0.25) is 9.78 Å². The summed E-state index contributed by atoms with van der Waals surface area (Å²) in [6.45, 7) is 0. The Bertz CT molecular complexity index is 798. The first-order valence-corrected chi connectivity index (χ1v) is 6.96. The number of methoxy groups -OCH3 is 2. The molecule has 116 valence electrons. The van der Waals surface area contributed by atoms with Crippen LogP contribution in [-0.2, 0) is 4.79 Å². The van der Waals surface area contributed by atoms with E-state index in [1.165, 1.54) is 0 Å². The van der Waals surface area contributed by atoms with Gasteiger partial charge in [0, 0.05) is 6.20 Å². The van der Waals surface area contributed by atoms with Crippen LogP contribution in [0.2, 0.25) is 0 Å². The Morgan fingerprint density at radius 3 is 2.61 bits per heavy atom. The van der Waals surface area contributed by atoms with E-state index in [2.05, 4.69) is 15.3 Å². The van der Waals surface area contributed by atoms with Gasteiger partial charge in [-0.1, -0.05) is 12.1 Å². The molecule has 1 N–H and O–H groups in total. The van der Waals surface area contributed by atoms with Gasteiger partial charge in [0.05, 0.1) is 14.2 Å². The lowest BCUT2D eigenvalue weighted by Gasteiger charge is -2.07. The number of hydrogen-bond acceptors (Lipinski definition) is 5. The van der Waals surface area contributed by atoms with E-state index in [1.807, 2.05) is 12.1 Å². The SMILES string of the molecule is COc1ccc(/C=C2/N=C(c3ccccn3)NC2=O)cc1OC. The maximum atomic E-state index is 12.1. The van der Waals surface area contributed by atoms with Crippen molar-refractivity contribution in [2.75, 3.05) is 14.2 Å². The Labute approximate surface area is 133 Å². The summed E-state index contributed by atoms with van der Waals surface area (Å²) in [6, 6.07) is 10.8. The van der Waals surface area contributed by atoms with Gasteiger partial charge in [0.25, 0.3) is 5.91 Å². The molecule has 2 heterocycles. The summed E-state index contributed by atoms with van der Waals surface area (Å²) in [5, 5.41) is 2.72. The van der Waals surface area contributed by atoms with Crippen LogP contribution < -0.4 is 14.8 Å². The van der Waals surface area contributed by atoms with Crippen LogP contribution in [0.4, 0.5) is 0 Å². The summed E-state index contributed by atoms with van der Waals surface area (Å²) in [7, 11) is 3.14. The Kier molecular flexibility index (Phi) is 4.05. The summed E-state index contributed by atoms with van der Waals surface area (Å²) in [5.74, 6) is 1.40. The molecule has 0 radical (unpaired) electrons. The minimum Gasteiger partial charge on any atom is -0.493 e. The number of nitrogens with one attached hydrogen (secondary N) is 1. The number of nitrogens with zero attached hydrogens (tertiary/aromatic N) is 2. The molecule has 1 aliphatic heterocycles. The van der Waals surface area contributed by atoms with Gasteiger partial charge in [0.15, 0.2) is 17.3 Å². The number of carbonyl (C=O) groups excluding carboxylic acids is 1. The molecule has 1 aromatic carbocycles. The van der Waals surface area contributed by atoms with Crippen LogP contribution in [0, 0.1) is 0 Å². The van der Waals surface area contributed by atoms with E-state index >= 15 is 0 Å². The van der Waals surface area contributed by atoms with Crippen molar-refractivity contribution in [2.24, 2.45) is 4.99 Å². The molecule has 0 spiro atoms. The van der Waals surface area contributed by atoms with Crippen LogP contribution in [0.15, 0.2) is 53.3 Å². The lowest BCUT2D eigenvalue weighted by Crippen LogP contribution is -2.25. The van der Waals surface area contributed by atoms with Crippen LogP contribution in [0.1, 0.15) is 11.3 Å². The predicted octanol–water partition coefficient (Wildman–Crippen LogP) is 2.02. The van der Waals surface area contributed by atoms with Crippen molar-refractivity contribution in [2.45, 2.75) is 0 Å². The zero-order valence-electron chi connectivity index (χ0n) is 12.7. The van der Waals surface area contributed by atoms with Crippen molar-refractivity contribution in [1.29, 1.82) is 0 Å². The number of aromatic nitrogens is 1. The zero-order valence-corrected chi connectivity index (χ0v) is 12.7. The van der Waals surface area contributed by atoms with Crippen molar-refractivity contribution in [3.63, 3.8) is 0 Å². The van der Waals surface area contributed by atoms with Crippen LogP contribution in [0.25, 0.3) is 6.08 Å². The summed E-state index contributed by atoms with van der Waals surface area (Å²) >= 11 is 0. The first-order chi connectivity index (χ1) is 11.2. The molecule has 3 rings (SSSR count). The number of pyridine rings is 1. The van der Waals surface area contributed by atoms with E-state index in [4.69, 9.17) is 9.47 Å². The summed E-state index contributed by atoms with van der Waals surface area (Å²) in [6.07, 6.45) is 3.34. The van der Waals surface area contributed by atoms with Crippen molar-refractivity contribution >= 4 is 17.8 Å². The van der Waals surface area contributed by atoms with Gasteiger partial charge in [-0.2, -0.15) is 0 Å². The molecule has 0 fully saturated rings. The summed E-state index contributed by atoms with van der Waals surface area (Å²) in [5.41, 5.74) is 1.73. The molecule has 0 saturated carbocycles. The van der Waals surface area contributed by atoms with Gasteiger partial charge in [-0.25, -0.2) is 4.99 Å². The fourth-order valence-corrected chi connectivity index (χ4v) is 2.19. The second kappa shape index (κ2) is 6.31. The third-order valence-corrected chi connectivity index (χ3v) is 3.32. The van der Waals surface area contributed by atoms with Crippen molar-refractivity contribution in [3.8, 4) is 11.5 Å². The smallest absolute Gasteiger partial charge is 0.275 e. The summed E-state index contributed by atoms with van der Waals surface area (Å²) in [4.78, 5) is 20.6. The highest BCUT2D eigenvalue weighted by Gasteiger charge is 2.21. The molecule has 1 aromatic heterocycles. The maximum Gasteiger partial charge on any atom is 0.275 e. The molecule has 2 aromatic rings. The third kappa shape index (κ3) is 3.06. The third-order valence-electron chi connectivity index (χ3n) is 3.32. The Morgan fingerprint density at radius 1 is 1.09 bits per heavy atom. The van der Waals surface area contributed by atoms with Crippen molar-refractivity contribution in [3.05, 3.63) is 59.5 Å². The van der Waals surface area contributed by atoms with Gasteiger partial charge >= 0.3 is 0 Å². The first-order valence-electron chi connectivity index (χ1n) is 6.96. The van der Waals surface area contributed by atoms with E-state index in [-0.39, 0.29) is 5.91 Å². The molecular weight excluding hydrogens is 294 g/mol. The van der Waals surface area contributed by atoms with E-state index in [1.54, 1.807) is 50.8 Å². The minimum atomic E-state index is -0.263. The fourth-order valence-electron chi connectivity index (χ4n) is 2.19. The molecule has 6 heteroatoms. The summed E-state index contributed by atoms with van der Waals surface area (Å²) < 4.78 is 10.5. The molecule has 0 aliphatic carbocycles. The highest BCUT2D eigenvalue weighted by molar-refractivity contribution is 6.19. The molecule has 23 heavy (non-hydrogen) atoms. The van der Waals surface area contributed by atoms with Gasteiger partial charge in [-0.15, -0.1) is 0 Å². The molecule has 1 amide bonds. The quantitative estimate of drug-likeness (QED) is 0.877. The Balaban J connectivity index is 1.93. The number of rotatable bonds is 4. The van der Waals surface area contributed by atoms with Crippen LogP contribution in [-0.4, -0.2) is 30.9 Å². The lowest BCUT2D eigenvalue weighted by molar-refractivity contribution is -0.115. The molecule has 0 bridgehead atoms. The van der Waals surface area contributed by atoms with Crippen LogP contribution >= 0.6 is 0 Å². The van der Waals surface area contributed by atoms with E-state index in [0.29, 0.717) is 28.7 Å². The standard InChI is InChI=1S/C17H15N3O3/c1-22-14-7-6-11(10-15(14)23-2)9-13-17(21)20-16(19-13)12-5-3-4-8-18-12/h3-10H,1-2H3,(H,19,20,21)/b13-9+. The monoisotopic (exact) mass is 309 g/mol. The van der Waals surface area contributed by atoms with Crippen LogP contribution in [0.5, 0.6) is 11.5 Å². The number of hydrogen-bond donors (Lipinski definition) is 1.